The number of nitrogens with one attached hydrogen (secondary N) is 1. The summed E-state index contributed by atoms with van der Waals surface area (Å²) in [5.74, 6) is -0.236. The van der Waals surface area contributed by atoms with Gasteiger partial charge in [-0.15, -0.1) is 0 Å². The molecule has 0 radical (unpaired) electrons. The van der Waals surface area contributed by atoms with Crippen molar-refractivity contribution < 1.29 is 9.58 Å². The number of carbonyl (C=O) groups is 1. The Bertz CT molecular complexity index is 304. The van der Waals surface area contributed by atoms with Gasteiger partial charge in [-0.3, -0.25) is 4.79 Å². The fourth-order valence-corrected chi connectivity index (χ4v) is 0.736. The Morgan fingerprint density at radius 3 is 2.42 bits per heavy atom. The van der Waals surface area contributed by atoms with Gasteiger partial charge in [-0.1, -0.05) is 30.3 Å². The third-order valence-electron chi connectivity index (χ3n) is 1.24. The van der Waals surface area contributed by atoms with Crippen molar-refractivity contribution in [1.82, 2.24) is 0 Å². The van der Waals surface area contributed by atoms with Crippen molar-refractivity contribution in [3.05, 3.63) is 35.9 Å². The van der Waals surface area contributed by atoms with Crippen LogP contribution in [0.15, 0.2) is 30.3 Å². The number of benzene rings is 1. The van der Waals surface area contributed by atoms with Gasteiger partial charge in [0.15, 0.2) is 0 Å². The summed E-state index contributed by atoms with van der Waals surface area (Å²) in [7, 11) is 0. The summed E-state index contributed by atoms with van der Waals surface area (Å²) in [6.07, 6.45) is 0.981. The monoisotopic (exact) mass is 171 g/mol. The number of Topliss-reactive ketones (excluding diaryl/α,β-unsaturated/α-hetero) is 1. The Balaban J connectivity index is 0.00000121. The van der Waals surface area contributed by atoms with Crippen LogP contribution in [0.3, 0.4) is 0 Å². The van der Waals surface area contributed by atoms with Gasteiger partial charge in [0.1, 0.15) is 0 Å². The second-order valence-corrected chi connectivity index (χ2v) is 1.99. The first-order chi connectivity index (χ1) is 5.34. The molecule has 0 spiro atoms. The van der Waals surface area contributed by atoms with Crippen LogP contribution in [-0.2, 0) is 0 Å². The van der Waals surface area contributed by atoms with Crippen molar-refractivity contribution in [2.24, 2.45) is 0 Å². The van der Waals surface area contributed by atoms with Crippen LogP contribution in [0.4, 0.5) is 0 Å². The number of hydrogen-bond acceptors (Lipinski definition) is 2. The number of rotatable bonds is 2. The van der Waals surface area contributed by atoms with Crippen molar-refractivity contribution in [2.75, 3.05) is 0 Å². The van der Waals surface area contributed by atoms with Crippen molar-refractivity contribution >= 4 is 41.6 Å². The molecule has 1 aromatic rings. The molecule has 3 nitrogen and oxygen atoms in total. The summed E-state index contributed by atoms with van der Waals surface area (Å²) in [4.78, 5) is 13.9. The van der Waals surface area contributed by atoms with Crippen LogP contribution >= 0.6 is 0 Å². The van der Waals surface area contributed by atoms with Gasteiger partial charge in [0.2, 0.25) is 0 Å². The molecule has 1 N–H and O–H groups in total. The third-order valence-corrected chi connectivity index (χ3v) is 1.24. The van der Waals surface area contributed by atoms with Crippen molar-refractivity contribution in [1.29, 1.82) is 5.53 Å². The van der Waals surface area contributed by atoms with Gasteiger partial charge in [0.05, 0.1) is 10.3 Å². The van der Waals surface area contributed by atoms with E-state index in [1.165, 1.54) is 0 Å². The van der Waals surface area contributed by atoms with Gasteiger partial charge >= 0.3 is 35.8 Å². The van der Waals surface area contributed by atoms with E-state index in [2.05, 4.69) is 4.79 Å². The summed E-state index contributed by atoms with van der Waals surface area (Å²) in [6.45, 7) is 0. The molecule has 4 heteroatoms. The second-order valence-electron chi connectivity index (χ2n) is 1.99. The average molecular weight is 171 g/mol. The standard InChI is InChI=1S/C8H7N2O.Na.H/c9-10-6-8(11)7-4-2-1-3-5-7;;/h1-6,9H;;/q+1;;. The van der Waals surface area contributed by atoms with Gasteiger partial charge < -0.3 is 0 Å². The molecule has 0 atom stereocenters. The predicted octanol–water partition coefficient (Wildman–Crippen LogP) is 0.531. The van der Waals surface area contributed by atoms with Crippen LogP contribution in [0, 0.1) is 5.53 Å². The van der Waals surface area contributed by atoms with E-state index >= 15 is 0 Å². The first kappa shape index (κ1) is 11.3. The molecule has 56 valence electrons. The molecule has 0 heterocycles. The van der Waals surface area contributed by atoms with Crippen LogP contribution < -0.4 is 0 Å². The van der Waals surface area contributed by atoms with Gasteiger partial charge in [-0.2, -0.15) is 0 Å². The maximum atomic E-state index is 11.0. The Hall–Kier alpha value is -0.730. The van der Waals surface area contributed by atoms with E-state index in [1.54, 1.807) is 24.3 Å². The van der Waals surface area contributed by atoms with Crippen molar-refractivity contribution in [2.45, 2.75) is 0 Å². The van der Waals surface area contributed by atoms with E-state index in [1.807, 2.05) is 6.07 Å². The maximum absolute atomic E-state index is 11.0. The molecule has 1 rings (SSSR count). The molecule has 1 aromatic carbocycles. The van der Waals surface area contributed by atoms with E-state index < -0.39 is 0 Å². The van der Waals surface area contributed by atoms with Crippen molar-refractivity contribution in [3.8, 4) is 0 Å². The molecule has 0 bridgehead atoms. The Kier molecular flexibility index (Phi) is 5.51. The minimum atomic E-state index is -0.236. The predicted molar refractivity (Wildman–Crippen MR) is 47.0 cm³/mol. The third kappa shape index (κ3) is 3.11. The molecular formula is C8H8N2NaO+. The number of ketones is 1. The Morgan fingerprint density at radius 1 is 1.33 bits per heavy atom. The zero-order chi connectivity index (χ0) is 8.10. The minimum absolute atomic E-state index is 0. The van der Waals surface area contributed by atoms with Crippen LogP contribution in [0.1, 0.15) is 10.4 Å². The Morgan fingerprint density at radius 2 is 1.92 bits per heavy atom. The summed E-state index contributed by atoms with van der Waals surface area (Å²) in [5.41, 5.74) is 6.99. The molecule has 0 fully saturated rings. The molecular weight excluding hydrogens is 163 g/mol. The van der Waals surface area contributed by atoms with Crippen LogP contribution in [0.5, 0.6) is 0 Å². The zero-order valence-electron chi connectivity index (χ0n) is 5.82. The molecule has 0 aromatic heterocycles. The zero-order valence-corrected chi connectivity index (χ0v) is 5.82. The van der Waals surface area contributed by atoms with E-state index in [9.17, 15) is 4.79 Å². The number of hydrogen-bond donors (Lipinski definition) is 1. The summed E-state index contributed by atoms with van der Waals surface area (Å²) < 4.78 is 0. The second kappa shape index (κ2) is 5.86. The fourth-order valence-electron chi connectivity index (χ4n) is 0.736. The van der Waals surface area contributed by atoms with Crippen molar-refractivity contribution in [3.63, 3.8) is 0 Å². The first-order valence-corrected chi connectivity index (χ1v) is 3.14. The summed E-state index contributed by atoms with van der Waals surface area (Å²) in [5, 5.41) is 0. The summed E-state index contributed by atoms with van der Waals surface area (Å²) >= 11 is 0. The first-order valence-electron chi connectivity index (χ1n) is 3.14. The molecule has 0 amide bonds. The van der Waals surface area contributed by atoms with E-state index in [-0.39, 0.29) is 35.3 Å². The Labute approximate surface area is 92.3 Å². The quantitative estimate of drug-likeness (QED) is 0.228. The van der Waals surface area contributed by atoms with E-state index in [0.717, 1.165) is 6.21 Å². The van der Waals surface area contributed by atoms with E-state index in [4.69, 9.17) is 5.53 Å². The summed E-state index contributed by atoms with van der Waals surface area (Å²) in [6, 6.07) is 8.73. The number of carbonyl (C=O) groups excluding carboxylic acids is 1. The van der Waals surface area contributed by atoms with E-state index in [0.29, 0.717) is 5.56 Å². The average Bonchev–Trinajstić information content (AvgIpc) is 2.07. The molecule has 0 aliphatic rings. The fraction of sp³-hybridized carbons (Fsp3) is 0. The van der Waals surface area contributed by atoms with Crippen LogP contribution in [-0.4, -0.2) is 46.3 Å². The molecule has 0 aliphatic carbocycles. The topological polar surface area (TPSA) is 55.0 Å². The van der Waals surface area contributed by atoms with Gasteiger partial charge in [-0.05, 0) is 0 Å². The van der Waals surface area contributed by atoms with Gasteiger partial charge in [0.25, 0.3) is 5.78 Å². The molecule has 0 unspecified atom stereocenters. The van der Waals surface area contributed by atoms with Crippen LogP contribution in [0.25, 0.3) is 0 Å². The molecule has 12 heavy (non-hydrogen) atoms. The van der Waals surface area contributed by atoms with Gasteiger partial charge in [0, 0.05) is 5.56 Å². The molecule has 0 aliphatic heterocycles. The van der Waals surface area contributed by atoms with Gasteiger partial charge in [-0.25, -0.2) is 0 Å². The molecule has 0 saturated heterocycles. The SMILES string of the molecule is N=[N+]=CC(=O)c1ccccc1.[NaH]. The molecule has 0 saturated carbocycles. The normalized spacial score (nSPS) is 7.67. The van der Waals surface area contributed by atoms with Crippen LogP contribution in [0.2, 0.25) is 0 Å². The number of nitrogens with zero attached hydrogens (tertiary/aromatic N) is 1.